The maximum atomic E-state index is 14.7. The molecule has 2 N–H and O–H groups in total. The monoisotopic (exact) mass is 1140 g/mol. The number of ether oxygens (including phenoxy) is 10. The summed E-state index contributed by atoms with van der Waals surface area (Å²) in [7, 11) is 1.35. The number of rotatable bonds is 27. The minimum absolute atomic E-state index is 0.137. The number of hydrogen-bond donors (Lipinski definition) is 2. The molecule has 21 nitrogen and oxygen atoms in total. The van der Waals surface area contributed by atoms with Gasteiger partial charge in [0.05, 0.1) is 38.5 Å². The Bertz CT molecular complexity index is 2820. The van der Waals surface area contributed by atoms with Gasteiger partial charge in [0.15, 0.2) is 24.4 Å². The van der Waals surface area contributed by atoms with Crippen LogP contribution in [0.3, 0.4) is 0 Å². The van der Waals surface area contributed by atoms with E-state index in [0.29, 0.717) is 5.56 Å². The highest BCUT2D eigenvalue weighted by molar-refractivity contribution is 5.89. The second-order valence-corrected chi connectivity index (χ2v) is 18.9. The molecule has 0 aliphatic carbocycles. The van der Waals surface area contributed by atoms with Crippen molar-refractivity contribution in [1.82, 2.24) is 5.32 Å². The van der Waals surface area contributed by atoms with E-state index >= 15 is 0 Å². The Kier molecular flexibility index (Phi) is 22.2. The van der Waals surface area contributed by atoms with Crippen LogP contribution in [0.2, 0.25) is 0 Å². The molecule has 434 valence electrons. The molecule has 2 heterocycles. The highest BCUT2D eigenvalue weighted by Crippen LogP contribution is 2.44. The van der Waals surface area contributed by atoms with Gasteiger partial charge >= 0.3 is 41.9 Å². The molecule has 0 unspecified atom stereocenters. The number of alkyl halides is 3. The second-order valence-electron chi connectivity index (χ2n) is 18.9. The lowest BCUT2D eigenvalue weighted by Gasteiger charge is -2.54. The normalized spacial score (nSPS) is 23.4. The molecule has 0 radical (unpaired) electrons. The molecule has 10 atom stereocenters. The van der Waals surface area contributed by atoms with Crippen molar-refractivity contribution in [2.75, 3.05) is 13.7 Å². The van der Waals surface area contributed by atoms with Crippen LogP contribution in [0, 0.1) is 0 Å². The molecule has 4 aromatic carbocycles. The van der Waals surface area contributed by atoms with E-state index in [2.05, 4.69) is 0 Å². The van der Waals surface area contributed by atoms with Crippen LogP contribution in [0.5, 0.6) is 11.5 Å². The Morgan fingerprint density at radius 1 is 0.617 bits per heavy atom. The SMILES string of the molecule is COc1ccc(O[C@@H]2O[C@H](COC(=O)CCC(C)=O)[C@H](OC(=O)CCC(C)=O)[C@H](O[C@]3(Cc4ccccc4)O[C@H](C(=O)O)[C@@H](OC(=O)CCC(C)=O)[C@H](OCc4ccccc4)[C@H]3OC(=O)c3ccccc3)[C@H]2NC(=O)C(F)(F)F)cc1. The van der Waals surface area contributed by atoms with Crippen LogP contribution in [0.15, 0.2) is 115 Å². The van der Waals surface area contributed by atoms with Crippen LogP contribution in [-0.2, 0) is 89.3 Å². The van der Waals surface area contributed by atoms with Crippen molar-refractivity contribution in [3.63, 3.8) is 0 Å². The Labute approximate surface area is 462 Å². The highest BCUT2D eigenvalue weighted by Gasteiger charge is 2.65. The quantitative estimate of drug-likeness (QED) is 0.0516. The third kappa shape index (κ3) is 18.0. The van der Waals surface area contributed by atoms with Crippen LogP contribution < -0.4 is 14.8 Å². The number of carbonyl (C=O) groups is 9. The molecule has 4 aromatic rings. The number of amides is 1. The van der Waals surface area contributed by atoms with E-state index in [-0.39, 0.29) is 35.5 Å². The zero-order chi connectivity index (χ0) is 58.9. The Morgan fingerprint density at radius 2 is 1.14 bits per heavy atom. The van der Waals surface area contributed by atoms with Crippen molar-refractivity contribution in [3.8, 4) is 11.5 Å². The highest BCUT2D eigenvalue weighted by atomic mass is 19.4. The third-order valence-corrected chi connectivity index (χ3v) is 12.6. The minimum atomic E-state index is -5.69. The molecular weight excluding hydrogens is 1080 g/mol. The molecule has 0 aromatic heterocycles. The van der Waals surface area contributed by atoms with Crippen molar-refractivity contribution >= 4 is 53.1 Å². The van der Waals surface area contributed by atoms with E-state index in [9.17, 15) is 61.4 Å². The minimum Gasteiger partial charge on any atom is -0.497 e. The Hall–Kier alpha value is -8.06. The molecule has 2 saturated heterocycles. The smallest absolute Gasteiger partial charge is 0.471 e. The van der Waals surface area contributed by atoms with E-state index in [1.54, 1.807) is 42.5 Å². The number of methoxy groups -OCH3 is 1. The van der Waals surface area contributed by atoms with Crippen molar-refractivity contribution in [1.29, 1.82) is 0 Å². The molecule has 2 aliphatic heterocycles. The summed E-state index contributed by atoms with van der Waals surface area (Å²) >= 11 is 0. The van der Waals surface area contributed by atoms with Crippen molar-refractivity contribution in [3.05, 3.63) is 132 Å². The standard InChI is InChI=1S/C57H60F3NO20/c1-33(62)20-27-42(65)73-32-41-46(77-43(66)28-21-34(2)63)47(45(61-55(71)57(58,59)60)54(76-41)75-40-25-23-39(72-4)24-26-40)80-56(30-36-14-8-5-9-15-36)51(79-53(70)38-18-12-7-13-19-38)49(74-31-37-16-10-6-11-17-37)48(50(81-56)52(68)69)78-44(67)29-22-35(3)64/h5-19,23-26,41,45-51,54H,20-22,27-32H2,1-4H3,(H,61,71)(H,68,69)/t41-,45-,46+,47-,48+,49+,50+,51-,54-,56-/m1/s1. The number of Topliss-reactive ketones (excluding diaryl/α,β-unsaturated/α-hetero) is 3. The zero-order valence-corrected chi connectivity index (χ0v) is 44.4. The van der Waals surface area contributed by atoms with Crippen LogP contribution in [0.25, 0.3) is 0 Å². The lowest BCUT2D eigenvalue weighted by atomic mass is 9.86. The van der Waals surface area contributed by atoms with Gasteiger partial charge < -0.3 is 72.2 Å². The van der Waals surface area contributed by atoms with Gasteiger partial charge in [0.25, 0.3) is 0 Å². The fourth-order valence-corrected chi connectivity index (χ4v) is 8.61. The summed E-state index contributed by atoms with van der Waals surface area (Å²) in [6, 6.07) is 26.0. The average Bonchev–Trinajstić information content (AvgIpc) is 3.63. The number of halogens is 3. The van der Waals surface area contributed by atoms with Gasteiger partial charge in [0, 0.05) is 25.7 Å². The number of aliphatic carboxylic acids is 1. The number of nitrogens with one attached hydrogen (secondary N) is 1. The molecule has 0 spiro atoms. The Morgan fingerprint density at radius 3 is 1.67 bits per heavy atom. The molecule has 1 amide bonds. The van der Waals surface area contributed by atoms with Gasteiger partial charge in [-0.05, 0) is 68.3 Å². The third-order valence-electron chi connectivity index (χ3n) is 12.6. The van der Waals surface area contributed by atoms with Gasteiger partial charge in [-0.1, -0.05) is 78.9 Å². The van der Waals surface area contributed by atoms with E-state index in [1.807, 2.05) is 5.32 Å². The van der Waals surface area contributed by atoms with Gasteiger partial charge in [0.1, 0.15) is 59.8 Å². The molecule has 2 fully saturated rings. The first-order valence-electron chi connectivity index (χ1n) is 25.5. The average molecular weight is 1140 g/mol. The molecule has 2 aliphatic rings. The van der Waals surface area contributed by atoms with Gasteiger partial charge in [0.2, 0.25) is 12.1 Å². The summed E-state index contributed by atoms with van der Waals surface area (Å²) in [6.45, 7) is 2.15. The number of esters is 4. The Balaban J connectivity index is 1.67. The summed E-state index contributed by atoms with van der Waals surface area (Å²) in [5.41, 5.74) is 0.471. The lowest BCUT2D eigenvalue weighted by molar-refractivity contribution is -0.389. The number of carboxylic acids is 1. The maximum Gasteiger partial charge on any atom is 0.471 e. The van der Waals surface area contributed by atoms with Gasteiger partial charge in [-0.2, -0.15) is 13.2 Å². The summed E-state index contributed by atoms with van der Waals surface area (Å²) in [4.78, 5) is 119. The fraction of sp³-hybridized carbons (Fsp3) is 0.421. The number of carbonyl (C=O) groups excluding carboxylic acids is 8. The number of benzene rings is 4. The maximum absolute atomic E-state index is 14.7. The second kappa shape index (κ2) is 28.9. The van der Waals surface area contributed by atoms with E-state index in [1.165, 1.54) is 93.8 Å². The van der Waals surface area contributed by atoms with E-state index in [0.717, 1.165) is 6.92 Å². The fourth-order valence-electron chi connectivity index (χ4n) is 8.61. The summed E-state index contributed by atoms with van der Waals surface area (Å²) in [6.07, 6.45) is -26.8. The number of hydrogen-bond acceptors (Lipinski definition) is 19. The van der Waals surface area contributed by atoms with E-state index < -0.39 is 165 Å². The molecule has 6 rings (SSSR count). The lowest BCUT2D eigenvalue weighted by Crippen LogP contribution is -2.74. The first kappa shape index (κ1) is 62.1. The van der Waals surface area contributed by atoms with Crippen molar-refractivity contribution in [2.45, 2.75) is 139 Å². The van der Waals surface area contributed by atoms with Gasteiger partial charge in [-0.25, -0.2) is 9.59 Å². The van der Waals surface area contributed by atoms with Crippen LogP contribution in [0.4, 0.5) is 13.2 Å². The largest absolute Gasteiger partial charge is 0.497 e. The topological polar surface area (TPSA) is 278 Å². The van der Waals surface area contributed by atoms with Crippen molar-refractivity contribution in [2.24, 2.45) is 0 Å². The zero-order valence-electron chi connectivity index (χ0n) is 44.4. The summed E-state index contributed by atoms with van der Waals surface area (Å²) < 4.78 is 106. The van der Waals surface area contributed by atoms with Gasteiger partial charge in [-0.15, -0.1) is 0 Å². The number of ketones is 3. The summed E-state index contributed by atoms with van der Waals surface area (Å²) in [5.74, 6) is -13.3. The molecular formula is C57H60F3NO20. The van der Waals surface area contributed by atoms with Crippen LogP contribution >= 0.6 is 0 Å². The van der Waals surface area contributed by atoms with Crippen molar-refractivity contribution < 1.29 is 109 Å². The first-order valence-corrected chi connectivity index (χ1v) is 25.5. The molecule has 0 saturated carbocycles. The summed E-state index contributed by atoms with van der Waals surface area (Å²) in [5, 5.41) is 13.0. The molecule has 0 bridgehead atoms. The van der Waals surface area contributed by atoms with Crippen LogP contribution in [-0.4, -0.2) is 139 Å². The van der Waals surface area contributed by atoms with E-state index in [4.69, 9.17) is 47.4 Å². The number of carboxylic acid groups (broad SMARTS) is 1. The predicted octanol–water partition coefficient (Wildman–Crippen LogP) is 5.94. The van der Waals surface area contributed by atoms with Crippen LogP contribution in [0.1, 0.15) is 80.8 Å². The first-order chi connectivity index (χ1) is 38.5. The molecule has 81 heavy (non-hydrogen) atoms. The predicted molar refractivity (Wildman–Crippen MR) is 272 cm³/mol. The van der Waals surface area contributed by atoms with Gasteiger partial charge in [-0.3, -0.25) is 19.2 Å². The molecule has 24 heteroatoms.